The Balaban J connectivity index is 1.42. The fourth-order valence-corrected chi connectivity index (χ4v) is 3.04. The summed E-state index contributed by atoms with van der Waals surface area (Å²) in [4.78, 5) is 26.7. The molecule has 4 rings (SSSR count). The van der Waals surface area contributed by atoms with Crippen LogP contribution >= 0.6 is 0 Å². The third-order valence-corrected chi connectivity index (χ3v) is 4.49. The predicted octanol–water partition coefficient (Wildman–Crippen LogP) is 2.18. The van der Waals surface area contributed by atoms with Gasteiger partial charge >= 0.3 is 0 Å². The van der Waals surface area contributed by atoms with Crippen LogP contribution in [0.5, 0.6) is 11.5 Å². The van der Waals surface area contributed by atoms with Gasteiger partial charge in [-0.05, 0) is 36.4 Å². The molecule has 1 fully saturated rings. The predicted molar refractivity (Wildman–Crippen MR) is 98.5 cm³/mol. The van der Waals surface area contributed by atoms with E-state index in [0.29, 0.717) is 67.8 Å². The molecular weight excluding hydrogens is 348 g/mol. The van der Waals surface area contributed by atoms with Gasteiger partial charge in [-0.1, -0.05) is 0 Å². The van der Waals surface area contributed by atoms with Gasteiger partial charge in [0, 0.05) is 36.0 Å². The smallest absolute Gasteiger partial charge is 0.255 e. The fraction of sp³-hybridized carbons (Fsp3) is 0.300. The van der Waals surface area contributed by atoms with Crippen LogP contribution in [0.15, 0.2) is 42.5 Å². The Bertz CT molecular complexity index is 844. The SMILES string of the molecule is O=C(Nc1ccc2c(c1)OCCO2)c1ccc(C(=O)N2CCOCC2)cc1. The minimum Gasteiger partial charge on any atom is -0.486 e. The molecule has 2 heterocycles. The number of benzene rings is 2. The van der Waals surface area contributed by atoms with Crippen LogP contribution in [-0.4, -0.2) is 56.2 Å². The van der Waals surface area contributed by atoms with Crippen molar-refractivity contribution in [2.45, 2.75) is 0 Å². The highest BCUT2D eigenvalue weighted by Gasteiger charge is 2.19. The highest BCUT2D eigenvalue weighted by molar-refractivity contribution is 6.05. The fourth-order valence-electron chi connectivity index (χ4n) is 3.04. The Morgan fingerprint density at radius 1 is 0.815 bits per heavy atom. The first-order valence-corrected chi connectivity index (χ1v) is 8.89. The second-order valence-electron chi connectivity index (χ2n) is 6.29. The molecule has 2 aliphatic heterocycles. The van der Waals surface area contributed by atoms with Crippen LogP contribution in [-0.2, 0) is 4.74 Å². The zero-order chi connectivity index (χ0) is 18.6. The van der Waals surface area contributed by atoms with E-state index in [2.05, 4.69) is 5.32 Å². The number of rotatable bonds is 3. The van der Waals surface area contributed by atoms with Gasteiger partial charge in [0.15, 0.2) is 11.5 Å². The summed E-state index contributed by atoms with van der Waals surface area (Å²) in [6.07, 6.45) is 0. The highest BCUT2D eigenvalue weighted by Crippen LogP contribution is 2.32. The van der Waals surface area contributed by atoms with Crippen LogP contribution in [0.2, 0.25) is 0 Å². The summed E-state index contributed by atoms with van der Waals surface area (Å²) in [5.74, 6) is 0.991. The number of hydrogen-bond acceptors (Lipinski definition) is 5. The standard InChI is InChI=1S/C20H20N2O5/c23-19(21-16-5-6-17-18(13-16)27-12-11-26-17)14-1-3-15(4-2-14)20(24)22-7-9-25-10-8-22/h1-6,13H,7-12H2,(H,21,23). The van der Waals surface area contributed by atoms with Gasteiger partial charge in [0.25, 0.3) is 11.8 Å². The minimum absolute atomic E-state index is 0.0444. The molecule has 7 heteroatoms. The lowest BCUT2D eigenvalue weighted by molar-refractivity contribution is 0.0303. The van der Waals surface area contributed by atoms with E-state index in [-0.39, 0.29) is 11.8 Å². The molecule has 0 bridgehead atoms. The van der Waals surface area contributed by atoms with Crippen LogP contribution in [0.3, 0.4) is 0 Å². The minimum atomic E-state index is -0.253. The van der Waals surface area contributed by atoms with Crippen LogP contribution < -0.4 is 14.8 Å². The maximum absolute atomic E-state index is 12.5. The number of ether oxygens (including phenoxy) is 3. The quantitative estimate of drug-likeness (QED) is 0.899. The molecule has 0 aliphatic carbocycles. The summed E-state index contributed by atoms with van der Waals surface area (Å²) in [5.41, 5.74) is 1.66. The number of nitrogens with one attached hydrogen (secondary N) is 1. The van der Waals surface area contributed by atoms with Crippen molar-refractivity contribution in [3.05, 3.63) is 53.6 Å². The first kappa shape index (κ1) is 17.4. The molecule has 0 spiro atoms. The second kappa shape index (κ2) is 7.67. The summed E-state index contributed by atoms with van der Waals surface area (Å²) < 4.78 is 16.3. The Labute approximate surface area is 156 Å². The van der Waals surface area contributed by atoms with Gasteiger partial charge in [0.2, 0.25) is 0 Å². The monoisotopic (exact) mass is 368 g/mol. The average molecular weight is 368 g/mol. The zero-order valence-electron chi connectivity index (χ0n) is 14.8. The van der Waals surface area contributed by atoms with Crippen LogP contribution in [0.1, 0.15) is 20.7 Å². The molecule has 0 saturated carbocycles. The van der Waals surface area contributed by atoms with E-state index in [0.717, 1.165) is 0 Å². The van der Waals surface area contributed by atoms with E-state index in [9.17, 15) is 9.59 Å². The largest absolute Gasteiger partial charge is 0.486 e. The molecule has 2 aliphatic rings. The topological polar surface area (TPSA) is 77.1 Å². The number of nitrogens with zero attached hydrogens (tertiary/aromatic N) is 1. The van der Waals surface area contributed by atoms with Gasteiger partial charge in [0.05, 0.1) is 13.2 Å². The number of fused-ring (bicyclic) bond motifs is 1. The lowest BCUT2D eigenvalue weighted by atomic mass is 10.1. The van der Waals surface area contributed by atoms with Crippen LogP contribution in [0.25, 0.3) is 0 Å². The summed E-state index contributed by atoms with van der Waals surface area (Å²) in [6.45, 7) is 3.30. The molecule has 2 aromatic carbocycles. The van der Waals surface area contributed by atoms with Gasteiger partial charge in [0.1, 0.15) is 13.2 Å². The summed E-state index contributed by atoms with van der Waals surface area (Å²) in [7, 11) is 0. The molecule has 2 aromatic rings. The van der Waals surface area contributed by atoms with E-state index >= 15 is 0 Å². The normalized spacial score (nSPS) is 15.9. The Morgan fingerprint density at radius 3 is 2.22 bits per heavy atom. The molecule has 0 aromatic heterocycles. The third-order valence-electron chi connectivity index (χ3n) is 4.49. The molecule has 7 nitrogen and oxygen atoms in total. The molecule has 1 N–H and O–H groups in total. The van der Waals surface area contributed by atoms with Crippen molar-refractivity contribution in [3.8, 4) is 11.5 Å². The first-order chi connectivity index (χ1) is 13.2. The van der Waals surface area contributed by atoms with Crippen molar-refractivity contribution in [2.75, 3.05) is 44.8 Å². The summed E-state index contributed by atoms with van der Waals surface area (Å²) >= 11 is 0. The second-order valence-corrected chi connectivity index (χ2v) is 6.29. The van der Waals surface area contributed by atoms with Crippen molar-refractivity contribution >= 4 is 17.5 Å². The first-order valence-electron chi connectivity index (χ1n) is 8.89. The number of amides is 2. The number of morpholine rings is 1. The van der Waals surface area contributed by atoms with E-state index in [1.165, 1.54) is 0 Å². The number of hydrogen-bond donors (Lipinski definition) is 1. The molecule has 0 unspecified atom stereocenters. The van der Waals surface area contributed by atoms with Crippen molar-refractivity contribution in [1.82, 2.24) is 4.90 Å². The Hall–Kier alpha value is -3.06. The summed E-state index contributed by atoms with van der Waals surface area (Å²) in [5, 5.41) is 2.83. The van der Waals surface area contributed by atoms with Gasteiger partial charge in [-0.3, -0.25) is 9.59 Å². The average Bonchev–Trinajstić information content (AvgIpc) is 2.74. The van der Waals surface area contributed by atoms with Crippen LogP contribution in [0, 0.1) is 0 Å². The molecule has 140 valence electrons. The van der Waals surface area contributed by atoms with Gasteiger partial charge in [-0.15, -0.1) is 0 Å². The van der Waals surface area contributed by atoms with Gasteiger partial charge in [-0.2, -0.15) is 0 Å². The maximum atomic E-state index is 12.5. The highest BCUT2D eigenvalue weighted by atomic mass is 16.6. The molecule has 1 saturated heterocycles. The van der Waals surface area contributed by atoms with E-state index < -0.39 is 0 Å². The Morgan fingerprint density at radius 2 is 1.48 bits per heavy atom. The zero-order valence-corrected chi connectivity index (χ0v) is 14.8. The van der Waals surface area contributed by atoms with E-state index in [1.807, 2.05) is 0 Å². The molecule has 27 heavy (non-hydrogen) atoms. The van der Waals surface area contributed by atoms with Crippen molar-refractivity contribution in [1.29, 1.82) is 0 Å². The molecule has 0 atom stereocenters. The van der Waals surface area contributed by atoms with Gasteiger partial charge in [-0.25, -0.2) is 0 Å². The maximum Gasteiger partial charge on any atom is 0.255 e. The number of carbonyl (C=O) groups is 2. The van der Waals surface area contributed by atoms with Crippen molar-refractivity contribution in [3.63, 3.8) is 0 Å². The summed E-state index contributed by atoms with van der Waals surface area (Å²) in [6, 6.07) is 11.9. The van der Waals surface area contributed by atoms with Crippen molar-refractivity contribution < 1.29 is 23.8 Å². The molecular formula is C20H20N2O5. The molecule has 0 radical (unpaired) electrons. The van der Waals surface area contributed by atoms with E-state index in [1.54, 1.807) is 47.4 Å². The van der Waals surface area contributed by atoms with E-state index in [4.69, 9.17) is 14.2 Å². The molecule has 2 amide bonds. The lowest BCUT2D eigenvalue weighted by Gasteiger charge is -2.26. The third kappa shape index (κ3) is 3.88. The lowest BCUT2D eigenvalue weighted by Crippen LogP contribution is -2.40. The van der Waals surface area contributed by atoms with Crippen LogP contribution in [0.4, 0.5) is 5.69 Å². The number of carbonyl (C=O) groups excluding carboxylic acids is 2. The van der Waals surface area contributed by atoms with Crippen molar-refractivity contribution in [2.24, 2.45) is 0 Å². The Kier molecular flexibility index (Phi) is 4.93. The van der Waals surface area contributed by atoms with Gasteiger partial charge < -0.3 is 24.4 Å². The number of anilines is 1.